The fourth-order valence-corrected chi connectivity index (χ4v) is 4.47. The predicted octanol–water partition coefficient (Wildman–Crippen LogP) is 6.55. The lowest BCUT2D eigenvalue weighted by Gasteiger charge is -2.25. The molecule has 7 nitrogen and oxygen atoms in total. The second-order valence-corrected chi connectivity index (χ2v) is 8.89. The van der Waals surface area contributed by atoms with Gasteiger partial charge in [-0.2, -0.15) is 10.2 Å². The number of anilines is 3. The Bertz CT molecular complexity index is 1440. The first kappa shape index (κ1) is 23.4. The van der Waals surface area contributed by atoms with E-state index in [0.717, 1.165) is 46.9 Å². The van der Waals surface area contributed by atoms with Gasteiger partial charge in [0.15, 0.2) is 12.0 Å². The number of amidine groups is 1. The summed E-state index contributed by atoms with van der Waals surface area (Å²) in [5.74, 6) is 0.684. The number of benzene rings is 3. The summed E-state index contributed by atoms with van der Waals surface area (Å²) in [5, 5.41) is 11.3. The summed E-state index contributed by atoms with van der Waals surface area (Å²) in [6, 6.07) is 35.0. The van der Waals surface area contributed by atoms with Gasteiger partial charge in [0.2, 0.25) is 0 Å². The highest BCUT2D eigenvalue weighted by molar-refractivity contribution is 6.01. The molecule has 0 fully saturated rings. The molecule has 0 radical (unpaired) electrons. The second-order valence-electron chi connectivity index (χ2n) is 8.89. The lowest BCUT2D eigenvalue weighted by molar-refractivity contribution is 0.314. The van der Waals surface area contributed by atoms with E-state index in [2.05, 4.69) is 104 Å². The van der Waals surface area contributed by atoms with Crippen LogP contribution in [0.2, 0.25) is 0 Å². The number of allylic oxidation sites excluding steroid dienone is 1. The molecule has 0 bridgehead atoms. The Morgan fingerprint density at radius 3 is 2.11 bits per heavy atom. The molecule has 0 spiro atoms. The van der Waals surface area contributed by atoms with Gasteiger partial charge in [-0.1, -0.05) is 60.7 Å². The van der Waals surface area contributed by atoms with Crippen molar-refractivity contribution in [1.82, 2.24) is 15.4 Å². The molecule has 1 aromatic heterocycles. The van der Waals surface area contributed by atoms with Crippen LogP contribution < -0.4 is 10.3 Å². The van der Waals surface area contributed by atoms with E-state index >= 15 is 0 Å². The van der Waals surface area contributed by atoms with Crippen LogP contribution in [0.3, 0.4) is 0 Å². The molecule has 38 heavy (non-hydrogen) atoms. The van der Waals surface area contributed by atoms with Crippen LogP contribution in [-0.4, -0.2) is 28.3 Å². The van der Waals surface area contributed by atoms with Gasteiger partial charge in [0.1, 0.15) is 5.70 Å². The number of para-hydroxylation sites is 2. The Morgan fingerprint density at radius 1 is 0.789 bits per heavy atom. The first-order valence-corrected chi connectivity index (χ1v) is 12.7. The molecule has 4 aromatic rings. The monoisotopic (exact) mass is 497 g/mol. The lowest BCUT2D eigenvalue weighted by Crippen LogP contribution is -2.30. The van der Waals surface area contributed by atoms with Gasteiger partial charge in [-0.05, 0) is 66.9 Å². The third-order valence-corrected chi connectivity index (χ3v) is 6.33. The van der Waals surface area contributed by atoms with E-state index in [1.54, 1.807) is 6.20 Å². The van der Waals surface area contributed by atoms with E-state index in [0.29, 0.717) is 5.84 Å². The van der Waals surface area contributed by atoms with Crippen molar-refractivity contribution in [3.63, 3.8) is 0 Å². The Kier molecular flexibility index (Phi) is 6.72. The molecule has 0 saturated heterocycles. The summed E-state index contributed by atoms with van der Waals surface area (Å²) in [6.45, 7) is 0. The number of pyridine rings is 1. The number of aliphatic imine (C=N–C) groups is 1. The van der Waals surface area contributed by atoms with Crippen LogP contribution in [0, 0.1) is 0 Å². The summed E-state index contributed by atoms with van der Waals surface area (Å²) in [4.78, 5) is 11.3. The maximum atomic E-state index is 4.85. The summed E-state index contributed by atoms with van der Waals surface area (Å²) >= 11 is 0. The zero-order valence-electron chi connectivity index (χ0n) is 20.8. The minimum Gasteiger partial charge on any atom is -0.311 e. The zero-order chi connectivity index (χ0) is 25.6. The molecule has 186 valence electrons. The van der Waals surface area contributed by atoms with E-state index in [-0.39, 0.29) is 6.17 Å². The Labute approximate surface area is 222 Å². The topological polar surface area (TPSA) is 68.5 Å². The van der Waals surface area contributed by atoms with Crippen molar-refractivity contribution in [3.8, 4) is 0 Å². The van der Waals surface area contributed by atoms with Crippen molar-refractivity contribution in [3.05, 3.63) is 132 Å². The quantitative estimate of drug-likeness (QED) is 0.294. The maximum Gasteiger partial charge on any atom is 0.196 e. The third kappa shape index (κ3) is 4.95. The molecular formula is C31H27N7. The SMILES string of the molecule is C1=NC(C2=NNC(c3ccccn3)N2/N=C/c2ccc(N(c3ccccc3)c3ccccc3)cc2)=CCC1. The maximum absolute atomic E-state index is 4.85. The van der Waals surface area contributed by atoms with Crippen LogP contribution in [0.1, 0.15) is 30.3 Å². The predicted molar refractivity (Wildman–Crippen MR) is 154 cm³/mol. The van der Waals surface area contributed by atoms with Crippen LogP contribution in [-0.2, 0) is 0 Å². The molecule has 3 heterocycles. The first-order chi connectivity index (χ1) is 18.9. The molecule has 1 N–H and O–H groups in total. The van der Waals surface area contributed by atoms with E-state index in [9.17, 15) is 0 Å². The smallest absolute Gasteiger partial charge is 0.196 e. The summed E-state index contributed by atoms with van der Waals surface area (Å²) in [6.07, 6.45) is 9.21. The van der Waals surface area contributed by atoms with E-state index in [1.165, 1.54) is 0 Å². The summed E-state index contributed by atoms with van der Waals surface area (Å²) in [5.41, 5.74) is 9.08. The molecule has 0 amide bonds. The van der Waals surface area contributed by atoms with Gasteiger partial charge in [0.05, 0.1) is 11.9 Å². The molecule has 0 aliphatic carbocycles. The summed E-state index contributed by atoms with van der Waals surface area (Å²) in [7, 11) is 0. The van der Waals surface area contributed by atoms with Gasteiger partial charge in [-0.15, -0.1) is 0 Å². The molecule has 7 heteroatoms. The normalized spacial score (nSPS) is 16.7. The molecule has 2 aliphatic rings. The number of nitrogens with one attached hydrogen (secondary N) is 1. The highest BCUT2D eigenvalue weighted by Crippen LogP contribution is 2.34. The van der Waals surface area contributed by atoms with Gasteiger partial charge < -0.3 is 4.90 Å². The third-order valence-electron chi connectivity index (χ3n) is 6.33. The number of aromatic nitrogens is 1. The zero-order valence-corrected chi connectivity index (χ0v) is 20.8. The molecule has 1 atom stereocenters. The van der Waals surface area contributed by atoms with Crippen molar-refractivity contribution >= 4 is 35.3 Å². The molecule has 2 aliphatic heterocycles. The fourth-order valence-electron chi connectivity index (χ4n) is 4.47. The van der Waals surface area contributed by atoms with Crippen LogP contribution in [0.25, 0.3) is 0 Å². The second kappa shape index (κ2) is 10.9. The van der Waals surface area contributed by atoms with Gasteiger partial charge >= 0.3 is 0 Å². The molecule has 1 unspecified atom stereocenters. The average Bonchev–Trinajstić information content (AvgIpc) is 3.43. The standard InChI is InChI=1S/C31H27N7/c1-3-11-25(12-4-1)37(26-13-5-2-6-14-26)27-19-17-24(18-20-27)23-34-38-30(28-15-7-9-21-32-28)35-36-31(38)29-16-8-10-22-33-29/h1-7,9,11-23,30,35H,8,10H2/b34-23+. The van der Waals surface area contributed by atoms with Crippen LogP contribution in [0.5, 0.6) is 0 Å². The Hall–Kier alpha value is -5.04. The number of nitrogens with zero attached hydrogens (tertiary/aromatic N) is 6. The van der Waals surface area contributed by atoms with E-state index < -0.39 is 0 Å². The van der Waals surface area contributed by atoms with Crippen LogP contribution in [0.15, 0.2) is 136 Å². The molecule has 3 aromatic carbocycles. The Morgan fingerprint density at radius 2 is 1.47 bits per heavy atom. The summed E-state index contributed by atoms with van der Waals surface area (Å²) < 4.78 is 0. The largest absolute Gasteiger partial charge is 0.311 e. The number of hydrogen-bond donors (Lipinski definition) is 1. The average molecular weight is 498 g/mol. The van der Waals surface area contributed by atoms with Crippen molar-refractivity contribution in [2.75, 3.05) is 4.90 Å². The van der Waals surface area contributed by atoms with E-state index in [1.807, 2.05) is 47.8 Å². The van der Waals surface area contributed by atoms with Gasteiger partial charge in [-0.3, -0.25) is 15.4 Å². The van der Waals surface area contributed by atoms with E-state index in [4.69, 9.17) is 5.10 Å². The highest BCUT2D eigenvalue weighted by Gasteiger charge is 2.32. The number of hydrazone groups is 2. The Balaban J connectivity index is 1.29. The number of hydrogen-bond acceptors (Lipinski definition) is 7. The number of rotatable bonds is 7. The van der Waals surface area contributed by atoms with Crippen LogP contribution in [0.4, 0.5) is 17.1 Å². The van der Waals surface area contributed by atoms with Gasteiger partial charge in [0.25, 0.3) is 0 Å². The van der Waals surface area contributed by atoms with Gasteiger partial charge in [0, 0.05) is 29.5 Å². The van der Waals surface area contributed by atoms with Crippen molar-refractivity contribution in [2.45, 2.75) is 19.0 Å². The van der Waals surface area contributed by atoms with Crippen molar-refractivity contribution in [1.29, 1.82) is 0 Å². The van der Waals surface area contributed by atoms with Crippen molar-refractivity contribution < 1.29 is 0 Å². The molecule has 0 saturated carbocycles. The molecular weight excluding hydrogens is 470 g/mol. The molecule has 6 rings (SSSR count). The minimum atomic E-state index is -0.314. The first-order valence-electron chi connectivity index (χ1n) is 12.7. The fraction of sp³-hybridized carbons (Fsp3) is 0.0968. The van der Waals surface area contributed by atoms with Crippen LogP contribution >= 0.6 is 0 Å². The lowest BCUT2D eigenvalue weighted by atomic mass is 10.1. The van der Waals surface area contributed by atoms with Crippen molar-refractivity contribution in [2.24, 2.45) is 15.2 Å². The minimum absolute atomic E-state index is 0.314. The van der Waals surface area contributed by atoms with Gasteiger partial charge in [-0.25, -0.2) is 5.01 Å². The highest BCUT2D eigenvalue weighted by atomic mass is 15.6.